The second-order valence-electron chi connectivity index (χ2n) is 1.87. The molecule has 0 aromatic rings. The first-order valence-electron chi connectivity index (χ1n) is 2.54. The molecule has 0 fully saturated rings. The quantitative estimate of drug-likeness (QED) is 0.481. The second kappa shape index (κ2) is 2.67. The van der Waals surface area contributed by atoms with Gasteiger partial charge in [0.1, 0.15) is 0 Å². The van der Waals surface area contributed by atoms with E-state index in [1.165, 1.54) is 11.8 Å². The van der Waals surface area contributed by atoms with E-state index in [4.69, 9.17) is 5.73 Å². The van der Waals surface area contributed by atoms with Crippen LogP contribution in [0.25, 0.3) is 0 Å². The molecule has 0 aromatic heterocycles. The van der Waals surface area contributed by atoms with E-state index in [1.54, 1.807) is 14.0 Å². The summed E-state index contributed by atoms with van der Waals surface area (Å²) in [6, 6.07) is 0. The summed E-state index contributed by atoms with van der Waals surface area (Å²) in [5, 5.41) is 0. The van der Waals surface area contributed by atoms with Gasteiger partial charge < -0.3 is 10.6 Å². The molecular weight excluding hydrogens is 104 g/mol. The number of carbonyl (C=O) groups is 1. The summed E-state index contributed by atoms with van der Waals surface area (Å²) in [6.45, 7) is 3.25. The van der Waals surface area contributed by atoms with E-state index < -0.39 is 0 Å². The van der Waals surface area contributed by atoms with Crippen molar-refractivity contribution in [1.82, 2.24) is 4.90 Å². The molecule has 0 saturated carbocycles. The van der Waals surface area contributed by atoms with Crippen molar-refractivity contribution in [3.05, 3.63) is 0 Å². The minimum absolute atomic E-state index is 0.000000000000000444. The zero-order chi connectivity index (χ0) is 6.73. The molecule has 0 saturated heterocycles. The van der Waals surface area contributed by atoms with E-state index in [0.29, 0.717) is 0 Å². The SMILES string of the molecule is CC(=O)N(C)C(C)N. The van der Waals surface area contributed by atoms with Gasteiger partial charge in [0.15, 0.2) is 0 Å². The van der Waals surface area contributed by atoms with E-state index in [-0.39, 0.29) is 12.1 Å². The van der Waals surface area contributed by atoms with E-state index in [1.807, 2.05) is 0 Å². The molecule has 0 aliphatic heterocycles. The second-order valence-corrected chi connectivity index (χ2v) is 1.87. The van der Waals surface area contributed by atoms with Gasteiger partial charge in [-0.3, -0.25) is 4.79 Å². The van der Waals surface area contributed by atoms with Gasteiger partial charge in [-0.15, -0.1) is 0 Å². The molecule has 0 rings (SSSR count). The molecule has 48 valence electrons. The van der Waals surface area contributed by atoms with Crippen LogP contribution in [0, 0.1) is 0 Å². The summed E-state index contributed by atoms with van der Waals surface area (Å²) in [7, 11) is 1.67. The van der Waals surface area contributed by atoms with Crippen molar-refractivity contribution in [3.8, 4) is 0 Å². The number of nitrogens with zero attached hydrogens (tertiary/aromatic N) is 1. The van der Waals surface area contributed by atoms with Crippen LogP contribution in [-0.2, 0) is 4.79 Å². The Morgan fingerprint density at radius 3 is 2.12 bits per heavy atom. The number of carbonyl (C=O) groups excluding carboxylic acids is 1. The van der Waals surface area contributed by atoms with Gasteiger partial charge in [-0.05, 0) is 6.92 Å². The molecule has 0 aliphatic carbocycles. The molecule has 1 amide bonds. The maximum atomic E-state index is 10.4. The van der Waals surface area contributed by atoms with Gasteiger partial charge >= 0.3 is 0 Å². The highest BCUT2D eigenvalue weighted by molar-refractivity contribution is 5.73. The number of amides is 1. The fourth-order valence-corrected chi connectivity index (χ4v) is 0.287. The largest absolute Gasteiger partial charge is 0.331 e. The Morgan fingerprint density at radius 1 is 1.75 bits per heavy atom. The average Bonchev–Trinajstić information content (AvgIpc) is 1.64. The summed E-state index contributed by atoms with van der Waals surface area (Å²) in [4.78, 5) is 11.9. The van der Waals surface area contributed by atoms with Crippen molar-refractivity contribution in [2.45, 2.75) is 20.0 Å². The van der Waals surface area contributed by atoms with Gasteiger partial charge in [0, 0.05) is 14.0 Å². The van der Waals surface area contributed by atoms with Crippen LogP contribution >= 0.6 is 0 Å². The number of hydrogen-bond donors (Lipinski definition) is 1. The molecule has 0 spiro atoms. The Bertz CT molecular complexity index is 90.4. The van der Waals surface area contributed by atoms with Crippen LogP contribution in [0.4, 0.5) is 0 Å². The molecule has 1 unspecified atom stereocenters. The lowest BCUT2D eigenvalue weighted by Gasteiger charge is -2.18. The minimum Gasteiger partial charge on any atom is -0.331 e. The van der Waals surface area contributed by atoms with Crippen LogP contribution in [-0.4, -0.2) is 24.0 Å². The Morgan fingerprint density at radius 2 is 2.12 bits per heavy atom. The molecule has 0 radical (unpaired) electrons. The lowest BCUT2D eigenvalue weighted by Crippen LogP contribution is -2.39. The first-order chi connectivity index (χ1) is 3.55. The fourth-order valence-electron chi connectivity index (χ4n) is 0.287. The van der Waals surface area contributed by atoms with Crippen molar-refractivity contribution < 1.29 is 4.79 Å². The highest BCUT2D eigenvalue weighted by Crippen LogP contribution is 1.85. The van der Waals surface area contributed by atoms with E-state index in [9.17, 15) is 4.79 Å². The third-order valence-electron chi connectivity index (χ3n) is 1.11. The van der Waals surface area contributed by atoms with E-state index in [2.05, 4.69) is 0 Å². The molecule has 2 N–H and O–H groups in total. The molecule has 8 heavy (non-hydrogen) atoms. The Balaban J connectivity index is 3.64. The number of rotatable bonds is 1. The fraction of sp³-hybridized carbons (Fsp3) is 0.800. The summed E-state index contributed by atoms with van der Waals surface area (Å²) < 4.78 is 0. The third-order valence-corrected chi connectivity index (χ3v) is 1.11. The van der Waals surface area contributed by atoms with Crippen LogP contribution in [0.3, 0.4) is 0 Å². The molecule has 0 bridgehead atoms. The van der Waals surface area contributed by atoms with Crippen molar-refractivity contribution in [2.75, 3.05) is 7.05 Å². The normalized spacial score (nSPS) is 13.0. The minimum atomic E-state index is -0.174. The van der Waals surface area contributed by atoms with Crippen molar-refractivity contribution in [3.63, 3.8) is 0 Å². The first-order valence-corrected chi connectivity index (χ1v) is 2.54. The van der Waals surface area contributed by atoms with Crippen LogP contribution < -0.4 is 5.73 Å². The standard InChI is InChI=1S/C5H12N2O/c1-4(6)7(3)5(2)8/h4H,6H2,1-3H3. The van der Waals surface area contributed by atoms with Gasteiger partial charge in [-0.1, -0.05) is 0 Å². The predicted octanol–water partition coefficient (Wildman–Crippen LogP) is -0.231. The summed E-state index contributed by atoms with van der Waals surface area (Å²) >= 11 is 0. The summed E-state index contributed by atoms with van der Waals surface area (Å²) in [5.41, 5.74) is 5.34. The van der Waals surface area contributed by atoms with Crippen LogP contribution in [0.5, 0.6) is 0 Å². The van der Waals surface area contributed by atoms with Crippen molar-refractivity contribution >= 4 is 5.91 Å². The molecule has 0 aliphatic rings. The van der Waals surface area contributed by atoms with E-state index >= 15 is 0 Å². The van der Waals surface area contributed by atoms with Gasteiger partial charge in [0.25, 0.3) is 0 Å². The molecule has 3 nitrogen and oxygen atoms in total. The lowest BCUT2D eigenvalue weighted by molar-refractivity contribution is -0.129. The van der Waals surface area contributed by atoms with Gasteiger partial charge in [-0.2, -0.15) is 0 Å². The predicted molar refractivity (Wildman–Crippen MR) is 32.1 cm³/mol. The third kappa shape index (κ3) is 1.93. The molecule has 3 heteroatoms. The summed E-state index contributed by atoms with van der Waals surface area (Å²) in [5.74, 6) is 0.000000000000000444. The van der Waals surface area contributed by atoms with Crippen LogP contribution in [0.15, 0.2) is 0 Å². The monoisotopic (exact) mass is 116 g/mol. The zero-order valence-electron chi connectivity index (χ0n) is 5.51. The Hall–Kier alpha value is -0.570. The molecular formula is C5H12N2O. The first kappa shape index (κ1) is 7.43. The van der Waals surface area contributed by atoms with Gasteiger partial charge in [-0.25, -0.2) is 0 Å². The lowest BCUT2D eigenvalue weighted by atomic mass is 10.5. The molecule has 0 aromatic carbocycles. The van der Waals surface area contributed by atoms with Gasteiger partial charge in [0.2, 0.25) is 5.91 Å². The maximum Gasteiger partial charge on any atom is 0.220 e. The molecule has 1 atom stereocenters. The number of nitrogens with two attached hydrogens (primary N) is 1. The highest BCUT2D eigenvalue weighted by atomic mass is 16.2. The van der Waals surface area contributed by atoms with E-state index in [0.717, 1.165) is 0 Å². The molecule has 0 heterocycles. The van der Waals surface area contributed by atoms with Crippen LogP contribution in [0.2, 0.25) is 0 Å². The van der Waals surface area contributed by atoms with Crippen LogP contribution in [0.1, 0.15) is 13.8 Å². The Labute approximate surface area is 49.5 Å². The van der Waals surface area contributed by atoms with Crippen molar-refractivity contribution in [2.24, 2.45) is 5.73 Å². The topological polar surface area (TPSA) is 46.3 Å². The van der Waals surface area contributed by atoms with Gasteiger partial charge in [0.05, 0.1) is 6.17 Å². The maximum absolute atomic E-state index is 10.4. The Kier molecular flexibility index (Phi) is 2.48. The summed E-state index contributed by atoms with van der Waals surface area (Å²) in [6.07, 6.45) is -0.174. The number of hydrogen-bond acceptors (Lipinski definition) is 2. The smallest absolute Gasteiger partial charge is 0.220 e. The highest BCUT2D eigenvalue weighted by Gasteiger charge is 2.04. The zero-order valence-corrected chi connectivity index (χ0v) is 5.51. The van der Waals surface area contributed by atoms with Crippen molar-refractivity contribution in [1.29, 1.82) is 0 Å². The average molecular weight is 116 g/mol.